The van der Waals surface area contributed by atoms with Crippen LogP contribution < -0.4 is 21.2 Å². The van der Waals surface area contributed by atoms with Crippen LogP contribution in [0.1, 0.15) is 47.2 Å². The molecular weight excluding hydrogens is 626 g/mol. The molecule has 1 fully saturated rings. The third-order valence-electron chi connectivity index (χ3n) is 5.15. The van der Waals surface area contributed by atoms with E-state index in [9.17, 15) is 4.79 Å². The molecule has 3 rings (SSSR count). The van der Waals surface area contributed by atoms with Gasteiger partial charge < -0.3 is 0 Å². The van der Waals surface area contributed by atoms with E-state index in [4.69, 9.17) is 0 Å². The second-order valence-electron chi connectivity index (χ2n) is 7.08. The topological polar surface area (TPSA) is 20.3 Å². The van der Waals surface area contributed by atoms with E-state index >= 15 is 0 Å². The zero-order valence-corrected chi connectivity index (χ0v) is 22.0. The molecule has 0 bridgehead atoms. The predicted octanol–water partition coefficient (Wildman–Crippen LogP) is 1.13. The normalized spacial score (nSPS) is 20.1. The van der Waals surface area contributed by atoms with Crippen molar-refractivity contribution in [2.45, 2.75) is 42.1 Å². The molecule has 0 saturated carbocycles. The van der Waals surface area contributed by atoms with E-state index in [2.05, 4.69) is 70.3 Å². The molecule has 0 spiro atoms. The Bertz CT molecular complexity index is 694. The molecule has 1 aliphatic rings. The van der Waals surface area contributed by atoms with Crippen molar-refractivity contribution in [3.63, 3.8) is 0 Å². The van der Waals surface area contributed by atoms with Crippen LogP contribution in [-0.4, -0.2) is 51.6 Å². The fraction of sp³-hybridized carbons (Fsp3) is 0.409. The number of rotatable bonds is 8. The Balaban J connectivity index is 1.67. The first-order valence-corrected chi connectivity index (χ1v) is 14.1. The monoisotopic (exact) mass is 652 g/mol. The quantitative estimate of drug-likeness (QED) is 0.243. The van der Waals surface area contributed by atoms with Crippen molar-refractivity contribution in [1.29, 1.82) is 0 Å². The molecule has 2 nitrogen and oxygen atoms in total. The van der Waals surface area contributed by atoms with Gasteiger partial charge in [0.15, 0.2) is 0 Å². The summed E-state index contributed by atoms with van der Waals surface area (Å²) in [6.45, 7) is 3.47. The van der Waals surface area contributed by atoms with Crippen LogP contribution in [0.2, 0.25) is 0 Å². The van der Waals surface area contributed by atoms with Crippen LogP contribution in [0.4, 0.5) is 0 Å². The van der Waals surface area contributed by atoms with E-state index in [1.54, 1.807) is 0 Å². The summed E-state index contributed by atoms with van der Waals surface area (Å²) in [5, 5.41) is 0. The molecule has 26 heavy (non-hydrogen) atoms. The van der Waals surface area contributed by atoms with Crippen molar-refractivity contribution in [2.75, 3.05) is 11.0 Å². The molecule has 2 aromatic carbocycles. The maximum absolute atomic E-state index is 12.8. The second-order valence-corrected chi connectivity index (χ2v) is 12.8. The molecule has 1 aliphatic heterocycles. The Hall–Kier alpha value is -0.278. The zero-order chi connectivity index (χ0) is 18.4. The van der Waals surface area contributed by atoms with Crippen LogP contribution in [0.5, 0.6) is 0 Å². The van der Waals surface area contributed by atoms with Crippen LogP contribution in [0.25, 0.3) is 0 Å². The Morgan fingerprint density at radius 3 is 2.31 bits per heavy atom. The summed E-state index contributed by atoms with van der Waals surface area (Å²) in [5.74, 6) is 1.05. The average molecular weight is 652 g/mol. The van der Waals surface area contributed by atoms with Crippen LogP contribution in [0.15, 0.2) is 60.7 Å². The molecular formula is C22H26INOTl-. The summed E-state index contributed by atoms with van der Waals surface area (Å²) in [4.78, 5) is 12.8. The van der Waals surface area contributed by atoms with Gasteiger partial charge in [-0.1, -0.05) is 0 Å². The van der Waals surface area contributed by atoms with Gasteiger partial charge in [-0.3, -0.25) is 0 Å². The van der Waals surface area contributed by atoms with E-state index in [0.717, 1.165) is 49.9 Å². The SMILES string of the molecule is CC(CC([I-]CC(=O)[C@@H]1CCC[N]1[Tl])c1ccccc1)c1ccccc1. The predicted molar refractivity (Wildman–Crippen MR) is 104 cm³/mol. The summed E-state index contributed by atoms with van der Waals surface area (Å²) < 4.78 is 3.80. The minimum atomic E-state index is -0.181. The summed E-state index contributed by atoms with van der Waals surface area (Å²) in [5.41, 5.74) is 2.83. The fourth-order valence-electron chi connectivity index (χ4n) is 3.57. The van der Waals surface area contributed by atoms with Crippen molar-refractivity contribution < 1.29 is 26.0 Å². The molecule has 2 aromatic rings. The van der Waals surface area contributed by atoms with Gasteiger partial charge in [0, 0.05) is 0 Å². The Kier molecular flexibility index (Phi) is 8.12. The van der Waals surface area contributed by atoms with Crippen LogP contribution in [-0.2, 0) is 4.79 Å². The van der Waals surface area contributed by atoms with Gasteiger partial charge in [0.05, 0.1) is 0 Å². The van der Waals surface area contributed by atoms with E-state index in [-0.39, 0.29) is 27.2 Å². The van der Waals surface area contributed by atoms with Crippen LogP contribution in [0.3, 0.4) is 0 Å². The molecule has 0 aromatic heterocycles. The molecule has 0 amide bonds. The molecule has 0 radical (unpaired) electrons. The van der Waals surface area contributed by atoms with Gasteiger partial charge in [0.25, 0.3) is 0 Å². The zero-order valence-electron chi connectivity index (χ0n) is 15.4. The third-order valence-corrected chi connectivity index (χ3v) is 11.0. The van der Waals surface area contributed by atoms with Crippen LogP contribution in [0, 0.1) is 0 Å². The number of alkyl halides is 2. The molecule has 4 heteroatoms. The molecule has 1 saturated heterocycles. The van der Waals surface area contributed by atoms with Crippen molar-refractivity contribution >= 4 is 31.8 Å². The summed E-state index contributed by atoms with van der Waals surface area (Å²) in [6.07, 6.45) is 3.44. The Labute approximate surface area is 184 Å². The van der Waals surface area contributed by atoms with Crippen LogP contribution >= 0.6 is 0 Å². The number of ketones is 1. The number of hydrogen-bond acceptors (Lipinski definition) is 2. The number of carbonyl (C=O) groups excluding carboxylic acids is 1. The van der Waals surface area contributed by atoms with Crippen molar-refractivity contribution in [2.24, 2.45) is 0 Å². The Morgan fingerprint density at radius 1 is 1.12 bits per heavy atom. The Morgan fingerprint density at radius 2 is 1.73 bits per heavy atom. The fourth-order valence-corrected chi connectivity index (χ4v) is 9.03. The van der Waals surface area contributed by atoms with Gasteiger partial charge in [-0.2, -0.15) is 0 Å². The van der Waals surface area contributed by atoms with E-state index in [0.29, 0.717) is 15.6 Å². The molecule has 0 N–H and O–H groups in total. The third kappa shape index (κ3) is 5.61. The van der Waals surface area contributed by atoms with Crippen molar-refractivity contribution in [3.8, 4) is 0 Å². The number of benzene rings is 2. The minimum absolute atomic E-state index is 0.181. The van der Waals surface area contributed by atoms with Crippen molar-refractivity contribution in [1.82, 2.24) is 2.71 Å². The first-order chi connectivity index (χ1) is 12.6. The van der Waals surface area contributed by atoms with Crippen molar-refractivity contribution in [3.05, 3.63) is 71.8 Å². The summed E-state index contributed by atoms with van der Waals surface area (Å²) >= 11 is 0.623. The second kappa shape index (κ2) is 10.3. The van der Waals surface area contributed by atoms with Gasteiger partial charge in [0.1, 0.15) is 0 Å². The molecule has 3 atom stereocenters. The average Bonchev–Trinajstić information content (AvgIpc) is 3.12. The molecule has 1 heterocycles. The van der Waals surface area contributed by atoms with Gasteiger partial charge in [0.2, 0.25) is 0 Å². The summed E-state index contributed by atoms with van der Waals surface area (Å²) in [6, 6.07) is 21.9. The number of Topliss-reactive ketones (excluding diaryl/α,β-unsaturated/α-hetero) is 1. The maximum atomic E-state index is 12.8. The van der Waals surface area contributed by atoms with Gasteiger partial charge in [-0.15, -0.1) is 0 Å². The van der Waals surface area contributed by atoms with Gasteiger partial charge in [-0.25, -0.2) is 0 Å². The van der Waals surface area contributed by atoms with E-state index < -0.39 is 0 Å². The number of nitrogens with zero attached hydrogens (tertiary/aromatic N) is 1. The number of halogens is 1. The number of carbonyl (C=O) groups is 1. The van der Waals surface area contributed by atoms with Gasteiger partial charge >= 0.3 is 185 Å². The van der Waals surface area contributed by atoms with Gasteiger partial charge in [-0.05, 0) is 0 Å². The standard InChI is InChI=1S/C22H26INO.Tl/c1-17(18-9-4-2-5-10-18)15-20(19-11-6-3-7-12-19)23-16-22(25)21-13-8-14-24-21;/h2-7,9-12,17,20-21H,8,13-16H2,1H3;/q-2;+1/t17?,20?,21-;/m0./s1. The first kappa shape index (κ1) is 20.5. The first-order valence-electron chi connectivity index (χ1n) is 9.37. The summed E-state index contributed by atoms with van der Waals surface area (Å²) in [7, 11) is 0. The van der Waals surface area contributed by atoms with E-state index in [1.807, 2.05) is 0 Å². The van der Waals surface area contributed by atoms with E-state index in [1.165, 1.54) is 17.5 Å². The molecule has 0 aliphatic carbocycles. The molecule has 2 unspecified atom stereocenters. The number of hydrogen-bond donors (Lipinski definition) is 0. The molecule has 136 valence electrons.